The van der Waals surface area contributed by atoms with Gasteiger partial charge < -0.3 is 20.8 Å². The second-order valence-electron chi connectivity index (χ2n) is 6.05. The molecule has 2 atom stereocenters. The van der Waals surface area contributed by atoms with Crippen LogP contribution in [0.25, 0.3) is 10.9 Å². The highest BCUT2D eigenvalue weighted by Crippen LogP contribution is 2.20. The van der Waals surface area contributed by atoms with Crippen LogP contribution in [-0.4, -0.2) is 29.9 Å². The largest absolute Gasteiger partial charge is 0.368 e. The van der Waals surface area contributed by atoms with Crippen LogP contribution in [0.3, 0.4) is 0 Å². The lowest BCUT2D eigenvalue weighted by molar-refractivity contribution is -0.134. The van der Waals surface area contributed by atoms with E-state index < -0.39 is 24.0 Å². The number of benzene rings is 2. The van der Waals surface area contributed by atoms with Crippen LogP contribution in [0.4, 0.5) is 0 Å². The molecule has 0 aliphatic carbocycles. The van der Waals surface area contributed by atoms with Crippen molar-refractivity contribution in [2.75, 3.05) is 7.11 Å². The first kappa shape index (κ1) is 17.7. The Morgan fingerprint density at radius 3 is 2.50 bits per heavy atom. The van der Waals surface area contributed by atoms with E-state index in [2.05, 4.69) is 10.3 Å². The SMILES string of the molecule is CO[C@@H](C(=O)N[C@@H](Cc1c[nH]c2ccccc12)C(N)=O)c1ccccc1. The number of amides is 2. The van der Waals surface area contributed by atoms with E-state index in [0.717, 1.165) is 16.5 Å². The molecule has 0 saturated heterocycles. The van der Waals surface area contributed by atoms with E-state index >= 15 is 0 Å². The zero-order valence-corrected chi connectivity index (χ0v) is 14.4. The number of methoxy groups -OCH3 is 1. The molecule has 3 aromatic rings. The lowest BCUT2D eigenvalue weighted by atomic mass is 10.0. The summed E-state index contributed by atoms with van der Waals surface area (Å²) in [6.07, 6.45) is 1.33. The van der Waals surface area contributed by atoms with Gasteiger partial charge in [-0.2, -0.15) is 0 Å². The van der Waals surface area contributed by atoms with Crippen molar-refractivity contribution in [1.29, 1.82) is 0 Å². The maximum atomic E-state index is 12.6. The van der Waals surface area contributed by atoms with E-state index in [1.807, 2.05) is 48.7 Å². The molecule has 0 fully saturated rings. The number of para-hydroxylation sites is 1. The van der Waals surface area contributed by atoms with Crippen molar-refractivity contribution in [3.63, 3.8) is 0 Å². The summed E-state index contributed by atoms with van der Waals surface area (Å²) in [7, 11) is 1.45. The summed E-state index contributed by atoms with van der Waals surface area (Å²) < 4.78 is 5.31. The van der Waals surface area contributed by atoms with Gasteiger partial charge in [0.2, 0.25) is 5.91 Å². The molecule has 1 heterocycles. The number of rotatable bonds is 7. The average Bonchev–Trinajstić information content (AvgIpc) is 3.06. The minimum Gasteiger partial charge on any atom is -0.368 e. The van der Waals surface area contributed by atoms with Gasteiger partial charge in [0.25, 0.3) is 5.91 Å². The first-order valence-electron chi connectivity index (χ1n) is 8.32. The second kappa shape index (κ2) is 7.84. The maximum absolute atomic E-state index is 12.6. The Balaban J connectivity index is 1.78. The van der Waals surface area contributed by atoms with Gasteiger partial charge in [-0.15, -0.1) is 0 Å². The summed E-state index contributed by atoms with van der Waals surface area (Å²) in [6.45, 7) is 0. The number of nitrogens with two attached hydrogens (primary N) is 1. The Morgan fingerprint density at radius 1 is 1.12 bits per heavy atom. The minimum atomic E-state index is -0.830. The van der Waals surface area contributed by atoms with Gasteiger partial charge in [-0.05, 0) is 17.2 Å². The van der Waals surface area contributed by atoms with Gasteiger partial charge in [0.15, 0.2) is 6.10 Å². The van der Waals surface area contributed by atoms with Crippen LogP contribution in [0.2, 0.25) is 0 Å². The van der Waals surface area contributed by atoms with Crippen molar-refractivity contribution in [2.24, 2.45) is 5.73 Å². The van der Waals surface area contributed by atoms with Crippen molar-refractivity contribution in [3.05, 3.63) is 71.9 Å². The summed E-state index contributed by atoms with van der Waals surface area (Å²) in [5.74, 6) is -0.992. The maximum Gasteiger partial charge on any atom is 0.254 e. The zero-order valence-electron chi connectivity index (χ0n) is 14.4. The van der Waals surface area contributed by atoms with Gasteiger partial charge in [0.05, 0.1) is 0 Å². The van der Waals surface area contributed by atoms with Crippen molar-refractivity contribution in [3.8, 4) is 0 Å². The molecule has 0 bridgehead atoms. The lowest BCUT2D eigenvalue weighted by Crippen LogP contribution is -2.47. The fraction of sp³-hybridized carbons (Fsp3) is 0.200. The molecule has 2 amide bonds. The van der Waals surface area contributed by atoms with Crippen LogP contribution in [0.5, 0.6) is 0 Å². The standard InChI is InChI=1S/C20H21N3O3/c1-26-18(13-7-3-2-4-8-13)20(25)23-17(19(21)24)11-14-12-22-16-10-6-5-9-15(14)16/h2-10,12,17-18,22H,11H2,1H3,(H2,21,24)(H,23,25)/t17-,18+/m0/s1. The minimum absolute atomic E-state index is 0.302. The first-order chi connectivity index (χ1) is 12.6. The first-order valence-corrected chi connectivity index (χ1v) is 8.32. The third-order valence-corrected chi connectivity index (χ3v) is 4.34. The average molecular weight is 351 g/mol. The number of carbonyl (C=O) groups excluding carboxylic acids is 2. The van der Waals surface area contributed by atoms with Crippen LogP contribution in [-0.2, 0) is 20.7 Å². The number of aromatic nitrogens is 1. The summed E-state index contributed by atoms with van der Waals surface area (Å²) in [6, 6.07) is 16.0. The number of H-pyrrole nitrogens is 1. The lowest BCUT2D eigenvalue weighted by Gasteiger charge is -2.20. The fourth-order valence-corrected chi connectivity index (χ4v) is 3.01. The van der Waals surface area contributed by atoms with Crippen LogP contribution in [0, 0.1) is 0 Å². The van der Waals surface area contributed by atoms with Crippen LogP contribution >= 0.6 is 0 Å². The Labute approximate surface area is 151 Å². The molecule has 4 N–H and O–H groups in total. The predicted octanol–water partition coefficient (Wildman–Crippen LogP) is 2.07. The van der Waals surface area contributed by atoms with Gasteiger partial charge in [-0.1, -0.05) is 48.5 Å². The summed E-state index contributed by atoms with van der Waals surface area (Å²) in [5.41, 5.74) is 8.12. The number of aromatic amines is 1. The number of hydrogen-bond donors (Lipinski definition) is 3. The van der Waals surface area contributed by atoms with Gasteiger partial charge in [0, 0.05) is 30.6 Å². The molecule has 0 radical (unpaired) electrons. The molecule has 26 heavy (non-hydrogen) atoms. The number of fused-ring (bicyclic) bond motifs is 1. The normalized spacial score (nSPS) is 13.3. The van der Waals surface area contributed by atoms with E-state index in [-0.39, 0.29) is 0 Å². The number of hydrogen-bond acceptors (Lipinski definition) is 3. The van der Waals surface area contributed by atoms with Crippen molar-refractivity contribution >= 4 is 22.7 Å². The highest BCUT2D eigenvalue weighted by atomic mass is 16.5. The molecular weight excluding hydrogens is 330 g/mol. The molecule has 1 aromatic heterocycles. The van der Waals surface area contributed by atoms with Gasteiger partial charge in [-0.3, -0.25) is 9.59 Å². The second-order valence-corrected chi connectivity index (χ2v) is 6.05. The van der Waals surface area contributed by atoms with Crippen LogP contribution < -0.4 is 11.1 Å². The molecule has 0 aliphatic heterocycles. The molecule has 0 unspecified atom stereocenters. The molecule has 0 aliphatic rings. The predicted molar refractivity (Wildman–Crippen MR) is 99.3 cm³/mol. The molecule has 2 aromatic carbocycles. The highest BCUT2D eigenvalue weighted by molar-refractivity contribution is 5.90. The Bertz CT molecular complexity index is 905. The third kappa shape index (κ3) is 3.75. The molecule has 6 nitrogen and oxygen atoms in total. The number of ether oxygens (including phenoxy) is 1. The summed E-state index contributed by atoms with van der Waals surface area (Å²) >= 11 is 0. The van der Waals surface area contributed by atoms with Crippen molar-refractivity contribution in [2.45, 2.75) is 18.6 Å². The van der Waals surface area contributed by atoms with Gasteiger partial charge in [-0.25, -0.2) is 0 Å². The smallest absolute Gasteiger partial charge is 0.254 e. The molecule has 3 rings (SSSR count). The zero-order chi connectivity index (χ0) is 18.5. The Kier molecular flexibility index (Phi) is 5.34. The van der Waals surface area contributed by atoms with Crippen LogP contribution in [0.15, 0.2) is 60.8 Å². The fourth-order valence-electron chi connectivity index (χ4n) is 3.01. The third-order valence-electron chi connectivity index (χ3n) is 4.34. The van der Waals surface area contributed by atoms with Gasteiger partial charge >= 0.3 is 0 Å². The van der Waals surface area contributed by atoms with E-state index in [9.17, 15) is 9.59 Å². The topological polar surface area (TPSA) is 97.2 Å². The Hall–Kier alpha value is -3.12. The van der Waals surface area contributed by atoms with E-state index in [1.165, 1.54) is 7.11 Å². The quantitative estimate of drug-likeness (QED) is 0.608. The van der Waals surface area contributed by atoms with E-state index in [0.29, 0.717) is 12.0 Å². The molecule has 134 valence electrons. The molecule has 6 heteroatoms. The number of nitrogens with one attached hydrogen (secondary N) is 2. The van der Waals surface area contributed by atoms with Crippen molar-refractivity contribution < 1.29 is 14.3 Å². The monoisotopic (exact) mass is 351 g/mol. The van der Waals surface area contributed by atoms with E-state index in [1.54, 1.807) is 12.1 Å². The molecule has 0 saturated carbocycles. The number of primary amides is 1. The Morgan fingerprint density at radius 2 is 1.81 bits per heavy atom. The van der Waals surface area contributed by atoms with Gasteiger partial charge in [0.1, 0.15) is 6.04 Å². The summed E-state index contributed by atoms with van der Waals surface area (Å²) in [4.78, 5) is 27.7. The molecular formula is C20H21N3O3. The highest BCUT2D eigenvalue weighted by Gasteiger charge is 2.26. The van der Waals surface area contributed by atoms with Crippen molar-refractivity contribution in [1.82, 2.24) is 10.3 Å². The van der Waals surface area contributed by atoms with Crippen LogP contribution in [0.1, 0.15) is 17.2 Å². The summed E-state index contributed by atoms with van der Waals surface area (Å²) in [5, 5.41) is 3.72. The number of carbonyl (C=O) groups is 2. The molecule has 0 spiro atoms. The van der Waals surface area contributed by atoms with E-state index in [4.69, 9.17) is 10.5 Å².